The molecule has 0 bridgehead atoms. The van der Waals surface area contributed by atoms with E-state index >= 15 is 0 Å². The van der Waals surface area contributed by atoms with E-state index in [1.54, 1.807) is 6.07 Å². The smallest absolute Gasteiger partial charge is 0.254 e. The Morgan fingerprint density at radius 1 is 1.30 bits per heavy atom. The van der Waals surface area contributed by atoms with Crippen LogP contribution in [0, 0.1) is 0 Å². The first-order chi connectivity index (χ1) is 9.58. The highest BCUT2D eigenvalue weighted by molar-refractivity contribution is 5.93. The van der Waals surface area contributed by atoms with Gasteiger partial charge in [-0.2, -0.15) is 0 Å². The number of aliphatic hydroxyl groups is 1. The molecule has 1 aromatic heterocycles. The van der Waals surface area contributed by atoms with Gasteiger partial charge in [-0.05, 0) is 23.8 Å². The molecule has 0 saturated carbocycles. The van der Waals surface area contributed by atoms with Gasteiger partial charge >= 0.3 is 0 Å². The van der Waals surface area contributed by atoms with Gasteiger partial charge in [0.2, 0.25) is 0 Å². The molecule has 1 aromatic carbocycles. The number of anilines is 1. The van der Waals surface area contributed by atoms with Crippen LogP contribution < -0.4 is 10.2 Å². The number of carbonyl (C=O) groups is 1. The quantitative estimate of drug-likeness (QED) is 0.872. The number of rotatable bonds is 5. The molecule has 5 heteroatoms. The molecule has 0 spiro atoms. The molecular weight excluding hydrogens is 256 g/mol. The molecular formula is C15H18N2O3. The summed E-state index contributed by atoms with van der Waals surface area (Å²) in [4.78, 5) is 13.7. The maximum absolute atomic E-state index is 11.7. The predicted octanol–water partition coefficient (Wildman–Crippen LogP) is 1.81. The Hall–Kier alpha value is -2.27. The van der Waals surface area contributed by atoms with Gasteiger partial charge in [-0.3, -0.25) is 4.79 Å². The molecule has 0 aliphatic rings. The van der Waals surface area contributed by atoms with Crippen molar-refractivity contribution in [2.45, 2.75) is 6.10 Å². The Morgan fingerprint density at radius 3 is 2.55 bits per heavy atom. The van der Waals surface area contributed by atoms with Crippen LogP contribution in [-0.2, 0) is 0 Å². The molecule has 1 amide bonds. The number of furan rings is 1. The van der Waals surface area contributed by atoms with Gasteiger partial charge in [0, 0.05) is 26.3 Å². The fraction of sp³-hybridized carbons (Fsp3) is 0.267. The van der Waals surface area contributed by atoms with Crippen LogP contribution in [0.2, 0.25) is 0 Å². The maximum atomic E-state index is 11.7. The normalized spacial score (nSPS) is 11.9. The van der Waals surface area contributed by atoms with Gasteiger partial charge in [0.05, 0.1) is 17.9 Å². The minimum atomic E-state index is -0.734. The van der Waals surface area contributed by atoms with Gasteiger partial charge in [0.1, 0.15) is 6.26 Å². The van der Waals surface area contributed by atoms with Gasteiger partial charge < -0.3 is 19.7 Å². The van der Waals surface area contributed by atoms with E-state index in [0.29, 0.717) is 5.56 Å². The molecule has 1 unspecified atom stereocenters. The third-order valence-electron chi connectivity index (χ3n) is 3.03. The molecule has 1 atom stereocenters. The summed E-state index contributed by atoms with van der Waals surface area (Å²) >= 11 is 0. The minimum Gasteiger partial charge on any atom is -0.472 e. The molecule has 0 fully saturated rings. The van der Waals surface area contributed by atoms with Crippen molar-refractivity contribution >= 4 is 11.6 Å². The van der Waals surface area contributed by atoms with Gasteiger partial charge in [-0.25, -0.2) is 0 Å². The summed E-state index contributed by atoms with van der Waals surface area (Å²) in [6, 6.07) is 9.13. The largest absolute Gasteiger partial charge is 0.472 e. The van der Waals surface area contributed by atoms with Crippen molar-refractivity contribution in [1.29, 1.82) is 0 Å². The molecule has 20 heavy (non-hydrogen) atoms. The Labute approximate surface area is 117 Å². The molecule has 2 aromatic rings. The van der Waals surface area contributed by atoms with Crippen molar-refractivity contribution in [1.82, 2.24) is 5.32 Å². The second kappa shape index (κ2) is 6.25. The lowest BCUT2D eigenvalue weighted by Crippen LogP contribution is -2.28. The zero-order valence-corrected chi connectivity index (χ0v) is 11.5. The molecule has 0 aliphatic carbocycles. The van der Waals surface area contributed by atoms with Crippen LogP contribution in [0.3, 0.4) is 0 Å². The molecule has 2 rings (SSSR count). The zero-order chi connectivity index (χ0) is 14.5. The molecule has 0 radical (unpaired) electrons. The molecule has 106 valence electrons. The van der Waals surface area contributed by atoms with Crippen LogP contribution in [0.25, 0.3) is 0 Å². The fourth-order valence-electron chi connectivity index (χ4n) is 1.80. The second-order valence-corrected chi connectivity index (χ2v) is 4.72. The number of hydrogen-bond donors (Lipinski definition) is 2. The predicted molar refractivity (Wildman–Crippen MR) is 76.8 cm³/mol. The lowest BCUT2D eigenvalue weighted by atomic mass is 10.1. The van der Waals surface area contributed by atoms with E-state index in [9.17, 15) is 9.90 Å². The zero-order valence-electron chi connectivity index (χ0n) is 11.5. The van der Waals surface area contributed by atoms with Crippen LogP contribution in [0.4, 0.5) is 5.69 Å². The molecule has 5 nitrogen and oxygen atoms in total. The second-order valence-electron chi connectivity index (χ2n) is 4.72. The Balaban J connectivity index is 1.91. The number of aliphatic hydroxyl groups excluding tert-OH is 1. The van der Waals surface area contributed by atoms with Gasteiger partial charge in [-0.1, -0.05) is 12.1 Å². The lowest BCUT2D eigenvalue weighted by molar-refractivity contribution is 0.0915. The summed E-state index contributed by atoms with van der Waals surface area (Å²) in [6.45, 7) is 0.158. The minimum absolute atomic E-state index is 0.158. The summed E-state index contributed by atoms with van der Waals surface area (Å²) in [7, 11) is 3.91. The van der Waals surface area contributed by atoms with E-state index in [2.05, 4.69) is 5.32 Å². The number of nitrogens with one attached hydrogen (secondary N) is 1. The summed E-state index contributed by atoms with van der Waals surface area (Å²) in [5.41, 5.74) is 2.27. The summed E-state index contributed by atoms with van der Waals surface area (Å²) < 4.78 is 4.83. The van der Waals surface area contributed by atoms with Gasteiger partial charge in [0.15, 0.2) is 0 Å². The van der Waals surface area contributed by atoms with Crippen molar-refractivity contribution in [3.8, 4) is 0 Å². The van der Waals surface area contributed by atoms with E-state index in [4.69, 9.17) is 4.42 Å². The number of nitrogens with zero attached hydrogens (tertiary/aromatic N) is 1. The molecule has 2 N–H and O–H groups in total. The number of amides is 1. The van der Waals surface area contributed by atoms with E-state index in [1.807, 2.05) is 43.3 Å². The van der Waals surface area contributed by atoms with Crippen molar-refractivity contribution in [2.24, 2.45) is 0 Å². The Kier molecular flexibility index (Phi) is 4.42. The van der Waals surface area contributed by atoms with E-state index < -0.39 is 6.10 Å². The molecule has 0 saturated heterocycles. The third kappa shape index (κ3) is 3.39. The first kappa shape index (κ1) is 14.1. The first-order valence-electron chi connectivity index (χ1n) is 6.33. The highest BCUT2D eigenvalue weighted by Gasteiger charge is 2.11. The standard InChI is InChI=1S/C15H18N2O3/c1-17(2)13-5-3-11(4-6-13)14(18)9-16-15(19)12-7-8-20-10-12/h3-8,10,14,18H,9H2,1-2H3,(H,16,19). The summed E-state index contributed by atoms with van der Waals surface area (Å²) in [5.74, 6) is -0.261. The Morgan fingerprint density at radius 2 is 2.00 bits per heavy atom. The topological polar surface area (TPSA) is 65.7 Å². The maximum Gasteiger partial charge on any atom is 0.254 e. The summed E-state index contributed by atoms with van der Waals surface area (Å²) in [5, 5.41) is 12.7. The summed E-state index contributed by atoms with van der Waals surface area (Å²) in [6.07, 6.45) is 2.07. The van der Waals surface area contributed by atoms with Crippen molar-refractivity contribution < 1.29 is 14.3 Å². The fourth-order valence-corrected chi connectivity index (χ4v) is 1.80. The number of benzene rings is 1. The monoisotopic (exact) mass is 274 g/mol. The number of hydrogen-bond acceptors (Lipinski definition) is 4. The highest BCUT2D eigenvalue weighted by Crippen LogP contribution is 2.17. The SMILES string of the molecule is CN(C)c1ccc(C(O)CNC(=O)c2ccoc2)cc1. The van der Waals surface area contributed by atoms with Gasteiger partial charge in [-0.15, -0.1) is 0 Å². The van der Waals surface area contributed by atoms with Crippen LogP contribution in [-0.4, -0.2) is 31.7 Å². The van der Waals surface area contributed by atoms with E-state index in [-0.39, 0.29) is 12.5 Å². The van der Waals surface area contributed by atoms with Gasteiger partial charge in [0.25, 0.3) is 5.91 Å². The lowest BCUT2D eigenvalue weighted by Gasteiger charge is -2.15. The van der Waals surface area contributed by atoms with Crippen LogP contribution in [0.1, 0.15) is 22.0 Å². The van der Waals surface area contributed by atoms with Crippen molar-refractivity contribution in [3.63, 3.8) is 0 Å². The van der Waals surface area contributed by atoms with Crippen LogP contribution in [0.5, 0.6) is 0 Å². The van der Waals surface area contributed by atoms with Crippen LogP contribution >= 0.6 is 0 Å². The van der Waals surface area contributed by atoms with E-state index in [0.717, 1.165) is 11.3 Å². The molecule has 0 aliphatic heterocycles. The van der Waals surface area contributed by atoms with Crippen molar-refractivity contribution in [3.05, 3.63) is 54.0 Å². The van der Waals surface area contributed by atoms with Crippen LogP contribution in [0.15, 0.2) is 47.3 Å². The first-order valence-corrected chi connectivity index (χ1v) is 6.33. The molecule has 1 heterocycles. The average Bonchev–Trinajstić information content (AvgIpc) is 2.98. The Bertz CT molecular complexity index is 547. The highest BCUT2D eigenvalue weighted by atomic mass is 16.3. The average molecular weight is 274 g/mol. The van der Waals surface area contributed by atoms with Crippen molar-refractivity contribution in [2.75, 3.05) is 25.5 Å². The number of carbonyl (C=O) groups excluding carboxylic acids is 1. The van der Waals surface area contributed by atoms with E-state index in [1.165, 1.54) is 12.5 Å². The third-order valence-corrected chi connectivity index (χ3v) is 3.03.